The lowest BCUT2D eigenvalue weighted by atomic mass is 9.63. The van der Waals surface area contributed by atoms with E-state index in [2.05, 4.69) is 90.8 Å². The molecule has 10 rings (SSSR count). The number of hydrogen-bond donors (Lipinski definition) is 0. The molecule has 2 heterocycles. The molecule has 0 aliphatic heterocycles. The van der Waals surface area contributed by atoms with Crippen LogP contribution in [0.1, 0.15) is 51.7 Å². The molecule has 9 heteroatoms. The van der Waals surface area contributed by atoms with Crippen LogP contribution in [0.25, 0.3) is 83.2 Å². The highest BCUT2D eigenvalue weighted by Crippen LogP contribution is 2.49. The molecule has 58 heavy (non-hydrogen) atoms. The van der Waals surface area contributed by atoms with Gasteiger partial charge in [0.2, 0.25) is 5.82 Å². The highest BCUT2D eigenvalue weighted by molar-refractivity contribution is 6.15. The summed E-state index contributed by atoms with van der Waals surface area (Å²) >= 11 is 0. The topological polar surface area (TPSA) is 43.6 Å². The van der Waals surface area contributed by atoms with Crippen molar-refractivity contribution in [1.29, 1.82) is 0 Å². The Kier molecular flexibility index (Phi) is 7.90. The molecule has 7 aromatic carbocycles. The maximum Gasteiger partial charge on any atom is 0.200 e. The molecule has 1 aliphatic carbocycles. The molecule has 0 fully saturated rings. The van der Waals surface area contributed by atoms with Gasteiger partial charge < -0.3 is 4.57 Å². The summed E-state index contributed by atoms with van der Waals surface area (Å²) in [5.41, 5.74) is 5.33. The lowest BCUT2D eigenvalue weighted by Gasteiger charge is -2.42. The highest BCUT2D eigenvalue weighted by atomic mass is 19.2. The van der Waals surface area contributed by atoms with Crippen molar-refractivity contribution >= 4 is 43.4 Å². The zero-order chi connectivity index (χ0) is 40.2. The minimum atomic E-state index is -2.26. The van der Waals surface area contributed by atoms with Gasteiger partial charge in [0.1, 0.15) is 0 Å². The van der Waals surface area contributed by atoms with Crippen LogP contribution in [0.5, 0.6) is 0 Å². The van der Waals surface area contributed by atoms with Crippen LogP contribution in [0.3, 0.4) is 0 Å². The maximum absolute atomic E-state index is 15.3. The summed E-state index contributed by atoms with van der Waals surface area (Å²) in [5.74, 6) is -11.2. The number of benzene rings is 7. The summed E-state index contributed by atoms with van der Waals surface area (Å²) in [4.78, 5) is 13.4. The molecule has 0 saturated carbocycles. The Morgan fingerprint density at radius 1 is 0.466 bits per heavy atom. The van der Waals surface area contributed by atoms with Crippen LogP contribution in [-0.2, 0) is 10.8 Å². The zero-order valence-corrected chi connectivity index (χ0v) is 32.1. The Bertz CT molecular complexity index is 3160. The number of aromatic nitrogens is 4. The predicted molar refractivity (Wildman–Crippen MR) is 221 cm³/mol. The summed E-state index contributed by atoms with van der Waals surface area (Å²) in [6.45, 7) is 9.29. The minimum Gasteiger partial charge on any atom is -0.309 e. The summed E-state index contributed by atoms with van der Waals surface area (Å²) in [6, 6.07) is 37.8. The number of hydrogen-bond acceptors (Lipinski definition) is 3. The van der Waals surface area contributed by atoms with E-state index in [0.717, 1.165) is 56.5 Å². The van der Waals surface area contributed by atoms with Gasteiger partial charge in [0.15, 0.2) is 40.7 Å². The largest absolute Gasteiger partial charge is 0.309 e. The van der Waals surface area contributed by atoms with Gasteiger partial charge in [-0.15, -0.1) is 0 Å². The van der Waals surface area contributed by atoms with Crippen molar-refractivity contribution in [2.75, 3.05) is 0 Å². The fraction of sp³-hybridized carbons (Fsp3) is 0.163. The summed E-state index contributed by atoms with van der Waals surface area (Å²) < 4.78 is 76.3. The molecule has 0 amide bonds. The summed E-state index contributed by atoms with van der Waals surface area (Å²) in [5, 5.41) is 6.06. The molecular formula is C49H35F5N4. The van der Waals surface area contributed by atoms with Crippen molar-refractivity contribution in [1.82, 2.24) is 19.5 Å². The van der Waals surface area contributed by atoms with Crippen molar-refractivity contribution in [3.8, 4) is 39.9 Å². The molecule has 0 radical (unpaired) electrons. The zero-order valence-electron chi connectivity index (χ0n) is 32.1. The lowest BCUT2D eigenvalue weighted by Crippen LogP contribution is -2.33. The van der Waals surface area contributed by atoms with Crippen molar-refractivity contribution < 1.29 is 22.0 Å². The second-order valence-electron chi connectivity index (χ2n) is 16.5. The molecule has 1 aliphatic rings. The SMILES string of the molecule is CC1(C)CCC(C)(C)c2cc3c(cc21)c1cc2ccccc2cc1n3-c1cccc2c(-c3nc(-c4ccccc4)nc(-c4c(F)c(F)c(F)c(F)c4F)n3)cccc12. The number of fused-ring (bicyclic) bond motifs is 6. The van der Waals surface area contributed by atoms with Crippen LogP contribution in [0, 0.1) is 29.1 Å². The average molecular weight is 775 g/mol. The average Bonchev–Trinajstić information content (AvgIpc) is 3.54. The molecule has 9 aromatic rings. The molecule has 0 atom stereocenters. The number of halogens is 5. The summed E-state index contributed by atoms with van der Waals surface area (Å²) in [6.07, 6.45) is 2.14. The fourth-order valence-electron chi connectivity index (χ4n) is 8.83. The van der Waals surface area contributed by atoms with E-state index >= 15 is 8.78 Å². The smallest absolute Gasteiger partial charge is 0.200 e. The van der Waals surface area contributed by atoms with Crippen LogP contribution < -0.4 is 0 Å². The van der Waals surface area contributed by atoms with Gasteiger partial charge in [-0.1, -0.05) is 113 Å². The molecule has 4 nitrogen and oxygen atoms in total. The van der Waals surface area contributed by atoms with Gasteiger partial charge in [0, 0.05) is 27.3 Å². The van der Waals surface area contributed by atoms with Gasteiger partial charge in [-0.3, -0.25) is 0 Å². The molecule has 0 bridgehead atoms. The van der Waals surface area contributed by atoms with Crippen LogP contribution in [0.2, 0.25) is 0 Å². The van der Waals surface area contributed by atoms with Gasteiger partial charge in [-0.05, 0) is 81.3 Å². The quantitative estimate of drug-likeness (QED) is 0.102. The standard InChI is InChI=1S/C49H35F5N4/c1-48(2)20-21-49(3,4)35-25-38-33(24-34(35)48)32-22-27-14-8-9-15-28(27)23-37(32)58(38)36-19-11-16-29-30(36)17-10-18-31(29)46-55-45(26-12-6-5-7-13-26)56-47(57-46)39-40(50)42(52)44(54)43(53)41(39)51/h5-19,22-25H,20-21H2,1-4H3. The third kappa shape index (κ3) is 5.36. The van der Waals surface area contributed by atoms with Crippen LogP contribution >= 0.6 is 0 Å². The van der Waals surface area contributed by atoms with Crippen LogP contribution in [-0.4, -0.2) is 19.5 Å². The molecule has 2 aromatic heterocycles. The van der Waals surface area contributed by atoms with Crippen LogP contribution in [0.15, 0.2) is 115 Å². The van der Waals surface area contributed by atoms with E-state index in [1.807, 2.05) is 30.3 Å². The molecule has 286 valence electrons. The van der Waals surface area contributed by atoms with E-state index in [1.54, 1.807) is 36.4 Å². The Balaban J connectivity index is 1.27. The third-order valence-electron chi connectivity index (χ3n) is 12.1. The Morgan fingerprint density at radius 3 is 1.71 bits per heavy atom. The number of nitrogens with zero attached hydrogens (tertiary/aromatic N) is 4. The molecular weight excluding hydrogens is 740 g/mol. The minimum absolute atomic E-state index is 0.00168. The van der Waals surface area contributed by atoms with Crippen molar-refractivity contribution in [2.45, 2.75) is 51.4 Å². The van der Waals surface area contributed by atoms with E-state index in [0.29, 0.717) is 16.5 Å². The van der Waals surface area contributed by atoms with E-state index in [9.17, 15) is 13.2 Å². The second kappa shape index (κ2) is 12.8. The van der Waals surface area contributed by atoms with Crippen molar-refractivity contribution in [3.63, 3.8) is 0 Å². The Labute approximate surface area is 330 Å². The molecule has 0 N–H and O–H groups in total. The number of rotatable bonds is 4. The fourth-order valence-corrected chi connectivity index (χ4v) is 8.83. The first-order chi connectivity index (χ1) is 27.8. The lowest BCUT2D eigenvalue weighted by molar-refractivity contribution is 0.332. The van der Waals surface area contributed by atoms with E-state index in [1.165, 1.54) is 11.1 Å². The van der Waals surface area contributed by atoms with E-state index in [4.69, 9.17) is 4.98 Å². The van der Waals surface area contributed by atoms with Gasteiger partial charge in [0.05, 0.1) is 22.3 Å². The maximum atomic E-state index is 15.3. The van der Waals surface area contributed by atoms with Crippen LogP contribution in [0.4, 0.5) is 22.0 Å². The van der Waals surface area contributed by atoms with Gasteiger partial charge >= 0.3 is 0 Å². The predicted octanol–water partition coefficient (Wildman–Crippen LogP) is 13.3. The van der Waals surface area contributed by atoms with Crippen molar-refractivity contribution in [2.24, 2.45) is 0 Å². The molecule has 0 spiro atoms. The molecule has 0 unspecified atom stereocenters. The van der Waals surface area contributed by atoms with Gasteiger partial charge in [-0.25, -0.2) is 36.9 Å². The second-order valence-corrected chi connectivity index (χ2v) is 16.5. The van der Waals surface area contributed by atoms with Gasteiger partial charge in [0.25, 0.3) is 0 Å². The Hall–Kier alpha value is -6.48. The first-order valence-corrected chi connectivity index (χ1v) is 19.2. The third-order valence-corrected chi connectivity index (χ3v) is 12.1. The van der Waals surface area contributed by atoms with Gasteiger partial charge in [-0.2, -0.15) is 0 Å². The van der Waals surface area contributed by atoms with Crippen molar-refractivity contribution in [3.05, 3.63) is 155 Å². The molecule has 0 saturated heterocycles. The summed E-state index contributed by atoms with van der Waals surface area (Å²) in [7, 11) is 0. The monoisotopic (exact) mass is 774 g/mol. The first-order valence-electron chi connectivity index (χ1n) is 19.2. The van der Waals surface area contributed by atoms with E-state index in [-0.39, 0.29) is 22.5 Å². The highest BCUT2D eigenvalue weighted by Gasteiger charge is 2.38. The van der Waals surface area contributed by atoms with E-state index < -0.39 is 40.5 Å². The normalized spacial score (nSPS) is 14.8. The Morgan fingerprint density at radius 2 is 1.00 bits per heavy atom. The first kappa shape index (κ1) is 35.9.